The second-order valence-corrected chi connectivity index (χ2v) is 13.2. The molecule has 3 nitrogen and oxygen atoms in total. The predicted octanol–water partition coefficient (Wildman–Crippen LogP) is 7.87. The molecule has 0 aromatic heterocycles. The van der Waals surface area contributed by atoms with Gasteiger partial charge in [0, 0.05) is 0 Å². The Morgan fingerprint density at radius 3 is 1.00 bits per heavy atom. The summed E-state index contributed by atoms with van der Waals surface area (Å²) in [5, 5.41) is 0. The van der Waals surface area contributed by atoms with Crippen molar-refractivity contribution in [3.8, 4) is 0 Å². The molecule has 180 valence electrons. The maximum absolute atomic E-state index is 11.7. The quantitative estimate of drug-likeness (QED) is 0.303. The van der Waals surface area contributed by atoms with Gasteiger partial charge in [0.15, 0.2) is 0 Å². The first kappa shape index (κ1) is 26.8. The van der Waals surface area contributed by atoms with Gasteiger partial charge >= 0.3 is 11.9 Å². The van der Waals surface area contributed by atoms with E-state index in [4.69, 9.17) is 0 Å². The van der Waals surface area contributed by atoms with Crippen molar-refractivity contribution in [3.05, 3.63) is 69.8 Å². The van der Waals surface area contributed by atoms with Gasteiger partial charge in [-0.3, -0.25) is 0 Å². The zero-order valence-electron chi connectivity index (χ0n) is 22.7. The fourth-order valence-electron chi connectivity index (χ4n) is 4.16. The van der Waals surface area contributed by atoms with Gasteiger partial charge in [-0.2, -0.15) is 0 Å². The van der Waals surface area contributed by atoms with Crippen LogP contribution >= 0.6 is 0 Å². The molecule has 2 aromatic carbocycles. The molecule has 0 atom stereocenters. The number of cyclic esters (lactones) is 2. The van der Waals surface area contributed by atoms with E-state index in [-0.39, 0.29) is 21.7 Å². The molecule has 0 N–H and O–H groups in total. The van der Waals surface area contributed by atoms with Crippen LogP contribution in [0.4, 0.5) is 0 Å². The minimum atomic E-state index is -0.536. The Labute approximate surface area is 200 Å². The molecule has 0 aliphatic carbocycles. The molecule has 0 unspecified atom stereocenters. The van der Waals surface area contributed by atoms with E-state index in [9.17, 15) is 9.59 Å². The predicted molar refractivity (Wildman–Crippen MR) is 137 cm³/mol. The van der Waals surface area contributed by atoms with Crippen molar-refractivity contribution >= 4 is 11.9 Å². The van der Waals surface area contributed by atoms with E-state index >= 15 is 0 Å². The van der Waals surface area contributed by atoms with Crippen molar-refractivity contribution in [2.75, 3.05) is 0 Å². The summed E-state index contributed by atoms with van der Waals surface area (Å²) < 4.78 is 4.69. The zero-order chi connectivity index (χ0) is 25.6. The fourth-order valence-corrected chi connectivity index (χ4v) is 4.16. The lowest BCUT2D eigenvalue weighted by Crippen LogP contribution is -2.23. The molecule has 0 bridgehead atoms. The number of rotatable bonds is 0. The maximum atomic E-state index is 11.7. The Balaban J connectivity index is 0.000000245. The summed E-state index contributed by atoms with van der Waals surface area (Å²) in [6.07, 6.45) is 0. The highest BCUT2D eigenvalue weighted by Gasteiger charge is 2.35. The SMILES string of the molecule is CC(C)(C)c1cc2c(cc1C(C)(C)C)C(=O)OC2=O.CC(C)(C)c1ccccc1C(C)(C)C. The Morgan fingerprint density at radius 1 is 0.485 bits per heavy atom. The first-order valence-corrected chi connectivity index (χ1v) is 11.8. The van der Waals surface area contributed by atoms with Crippen LogP contribution in [0.25, 0.3) is 0 Å². The summed E-state index contributed by atoms with van der Waals surface area (Å²) in [5.74, 6) is -1.07. The molecule has 2 aromatic rings. The lowest BCUT2D eigenvalue weighted by Gasteiger charge is -2.30. The number of benzene rings is 2. The monoisotopic (exact) mass is 450 g/mol. The van der Waals surface area contributed by atoms with Crippen LogP contribution in [0.3, 0.4) is 0 Å². The van der Waals surface area contributed by atoms with E-state index in [0.29, 0.717) is 11.1 Å². The lowest BCUT2D eigenvalue weighted by molar-refractivity contribution is 0.0443. The number of fused-ring (bicyclic) bond motifs is 1. The van der Waals surface area contributed by atoms with Crippen LogP contribution in [0.2, 0.25) is 0 Å². The summed E-state index contributed by atoms with van der Waals surface area (Å²) in [7, 11) is 0. The third kappa shape index (κ3) is 6.13. The Kier molecular flexibility index (Phi) is 7.11. The van der Waals surface area contributed by atoms with Crippen LogP contribution in [0, 0.1) is 0 Å². The number of ether oxygens (including phenoxy) is 1. The molecule has 1 heterocycles. The number of esters is 2. The second-order valence-electron chi connectivity index (χ2n) is 13.2. The first-order valence-electron chi connectivity index (χ1n) is 11.8. The standard InChI is InChI=1S/C16H20O3.C14H22/c1-15(2,3)11-7-9-10(14(18)19-13(9)17)8-12(11)16(4,5)6;1-13(2,3)11-9-7-8-10-12(11)14(4,5)6/h7-8H,1-6H3;7-10H,1-6H3. The molecule has 0 saturated carbocycles. The van der Waals surface area contributed by atoms with Crippen LogP contribution in [-0.2, 0) is 26.4 Å². The molecular formula is C30H42O3. The zero-order valence-corrected chi connectivity index (χ0v) is 22.7. The molecule has 3 heteroatoms. The Bertz CT molecular complexity index is 962. The summed E-state index contributed by atoms with van der Waals surface area (Å²) in [6.45, 7) is 26.3. The number of hydrogen-bond acceptors (Lipinski definition) is 3. The van der Waals surface area contributed by atoms with E-state index in [1.807, 2.05) is 12.1 Å². The first-order chi connectivity index (χ1) is 14.7. The van der Waals surface area contributed by atoms with Crippen molar-refractivity contribution in [2.24, 2.45) is 0 Å². The van der Waals surface area contributed by atoms with E-state index < -0.39 is 11.9 Å². The topological polar surface area (TPSA) is 43.4 Å². The van der Waals surface area contributed by atoms with Crippen LogP contribution in [-0.4, -0.2) is 11.9 Å². The number of carbonyl (C=O) groups is 2. The number of hydrogen-bond donors (Lipinski definition) is 0. The highest BCUT2D eigenvalue weighted by molar-refractivity contribution is 6.15. The second kappa shape index (κ2) is 8.74. The summed E-state index contributed by atoms with van der Waals surface area (Å²) in [5.41, 5.74) is 6.18. The maximum Gasteiger partial charge on any atom is 0.346 e. The van der Waals surface area contributed by atoms with Gasteiger partial charge < -0.3 is 4.74 Å². The molecule has 3 rings (SSSR count). The minimum Gasteiger partial charge on any atom is -0.386 e. The van der Waals surface area contributed by atoms with Crippen LogP contribution in [0.1, 0.15) is 126 Å². The largest absolute Gasteiger partial charge is 0.386 e. The number of carbonyl (C=O) groups excluding carboxylic acids is 2. The molecule has 0 saturated heterocycles. The molecule has 33 heavy (non-hydrogen) atoms. The molecule has 0 amide bonds. The third-order valence-electron chi connectivity index (χ3n) is 5.94. The van der Waals surface area contributed by atoms with Crippen molar-refractivity contribution in [1.82, 2.24) is 0 Å². The minimum absolute atomic E-state index is 0.0937. The summed E-state index contributed by atoms with van der Waals surface area (Å²) in [4.78, 5) is 23.3. The van der Waals surface area contributed by atoms with Gasteiger partial charge in [-0.25, -0.2) is 9.59 Å². The van der Waals surface area contributed by atoms with Crippen LogP contribution in [0.5, 0.6) is 0 Å². The van der Waals surface area contributed by atoms with Crippen molar-refractivity contribution in [2.45, 2.75) is 105 Å². The van der Waals surface area contributed by atoms with Gasteiger partial charge in [0.05, 0.1) is 11.1 Å². The van der Waals surface area contributed by atoms with Crippen molar-refractivity contribution in [3.63, 3.8) is 0 Å². The van der Waals surface area contributed by atoms with E-state index in [1.54, 1.807) is 0 Å². The highest BCUT2D eigenvalue weighted by atomic mass is 16.6. The average molecular weight is 451 g/mol. The van der Waals surface area contributed by atoms with E-state index in [0.717, 1.165) is 11.1 Å². The van der Waals surface area contributed by atoms with Crippen LogP contribution in [0.15, 0.2) is 36.4 Å². The molecule has 0 radical (unpaired) electrons. The van der Waals surface area contributed by atoms with Crippen LogP contribution < -0.4 is 0 Å². The molecular weight excluding hydrogens is 408 g/mol. The van der Waals surface area contributed by atoms with Gasteiger partial charge in [-0.05, 0) is 56.0 Å². The molecule has 1 aliphatic rings. The van der Waals surface area contributed by atoms with Gasteiger partial charge in [-0.15, -0.1) is 0 Å². The van der Waals surface area contributed by atoms with E-state index in [2.05, 4.69) is 112 Å². The Hall–Kier alpha value is -2.42. The van der Waals surface area contributed by atoms with E-state index in [1.165, 1.54) is 11.1 Å². The molecule has 0 fully saturated rings. The van der Waals surface area contributed by atoms with Gasteiger partial charge in [0.2, 0.25) is 0 Å². The van der Waals surface area contributed by atoms with Gasteiger partial charge in [0.1, 0.15) is 0 Å². The fraction of sp³-hybridized carbons (Fsp3) is 0.533. The summed E-state index contributed by atoms with van der Waals surface area (Å²) >= 11 is 0. The van der Waals surface area contributed by atoms with Crippen molar-refractivity contribution < 1.29 is 14.3 Å². The smallest absolute Gasteiger partial charge is 0.346 e. The van der Waals surface area contributed by atoms with Gasteiger partial charge in [0.25, 0.3) is 0 Å². The lowest BCUT2D eigenvalue weighted by atomic mass is 9.74. The van der Waals surface area contributed by atoms with Crippen molar-refractivity contribution in [1.29, 1.82) is 0 Å². The Morgan fingerprint density at radius 2 is 0.758 bits per heavy atom. The third-order valence-corrected chi connectivity index (χ3v) is 5.94. The normalized spacial score (nSPS) is 14.4. The van der Waals surface area contributed by atoms with Gasteiger partial charge in [-0.1, -0.05) is 107 Å². The molecule has 1 aliphatic heterocycles. The molecule has 0 spiro atoms. The average Bonchev–Trinajstić information content (AvgIpc) is 2.92. The summed E-state index contributed by atoms with van der Waals surface area (Å²) in [6, 6.07) is 12.4. The highest BCUT2D eigenvalue weighted by Crippen LogP contribution is 2.37.